The van der Waals surface area contributed by atoms with Crippen LogP contribution in [-0.4, -0.2) is 60.8 Å². The largest absolute Gasteiger partial charge is 0.492 e. The maximum atomic E-state index is 9.20. The van der Waals surface area contributed by atoms with Crippen LogP contribution in [0.1, 0.15) is 31.2 Å². The van der Waals surface area contributed by atoms with Gasteiger partial charge in [0.05, 0.1) is 0 Å². The van der Waals surface area contributed by atoms with Crippen LogP contribution in [0, 0.1) is 5.92 Å². The molecule has 0 radical (unpaired) electrons. The van der Waals surface area contributed by atoms with Gasteiger partial charge in [0.15, 0.2) is 0 Å². The third kappa shape index (κ3) is 5.20. The summed E-state index contributed by atoms with van der Waals surface area (Å²) < 4.78 is 5.86. The van der Waals surface area contributed by atoms with Gasteiger partial charge in [-0.25, -0.2) is 0 Å². The third-order valence-corrected chi connectivity index (χ3v) is 5.17. The Morgan fingerprint density at radius 1 is 0.957 bits per heavy atom. The molecule has 23 heavy (non-hydrogen) atoms. The number of hydrogen-bond acceptors (Lipinski definition) is 4. The van der Waals surface area contributed by atoms with E-state index in [-0.39, 0.29) is 0 Å². The standard InChI is InChI=1S/C19H30N2O2/c22-16-18-7-11-21(12-8-18)15-17-3-5-19(6-4-17)23-14-13-20-9-1-2-10-20/h3-6,18,22H,1-2,7-16H2. The number of aliphatic hydroxyl groups is 1. The van der Waals surface area contributed by atoms with E-state index in [2.05, 4.69) is 34.1 Å². The van der Waals surface area contributed by atoms with Gasteiger partial charge in [-0.2, -0.15) is 0 Å². The van der Waals surface area contributed by atoms with Crippen LogP contribution in [0.4, 0.5) is 0 Å². The Labute approximate surface area is 140 Å². The molecule has 0 aromatic heterocycles. The van der Waals surface area contributed by atoms with Crippen LogP contribution in [0.15, 0.2) is 24.3 Å². The van der Waals surface area contributed by atoms with Crippen molar-refractivity contribution in [2.45, 2.75) is 32.2 Å². The summed E-state index contributed by atoms with van der Waals surface area (Å²) in [6.45, 7) is 7.84. The molecule has 2 aliphatic rings. The first kappa shape index (κ1) is 16.7. The topological polar surface area (TPSA) is 35.9 Å². The van der Waals surface area contributed by atoms with Gasteiger partial charge in [-0.1, -0.05) is 12.1 Å². The van der Waals surface area contributed by atoms with Crippen molar-refractivity contribution in [2.24, 2.45) is 5.92 Å². The lowest BCUT2D eigenvalue weighted by Gasteiger charge is -2.31. The zero-order valence-electron chi connectivity index (χ0n) is 14.1. The average Bonchev–Trinajstić information content (AvgIpc) is 3.11. The van der Waals surface area contributed by atoms with Crippen LogP contribution in [0.2, 0.25) is 0 Å². The Balaban J connectivity index is 1.38. The molecule has 0 amide bonds. The highest BCUT2D eigenvalue weighted by molar-refractivity contribution is 5.27. The number of likely N-dealkylation sites (tertiary alicyclic amines) is 2. The normalized spacial score (nSPS) is 20.9. The van der Waals surface area contributed by atoms with Gasteiger partial charge in [-0.05, 0) is 75.5 Å². The molecule has 1 N–H and O–H groups in total. The molecule has 1 aromatic rings. The number of piperidine rings is 1. The Bertz CT molecular complexity index is 449. The molecule has 0 unspecified atom stereocenters. The zero-order chi connectivity index (χ0) is 15.9. The third-order valence-electron chi connectivity index (χ3n) is 5.17. The average molecular weight is 318 g/mol. The smallest absolute Gasteiger partial charge is 0.119 e. The highest BCUT2D eigenvalue weighted by Crippen LogP contribution is 2.19. The van der Waals surface area contributed by atoms with Crippen LogP contribution in [0.3, 0.4) is 0 Å². The fourth-order valence-electron chi connectivity index (χ4n) is 3.58. The summed E-state index contributed by atoms with van der Waals surface area (Å²) in [6, 6.07) is 8.56. The van der Waals surface area contributed by atoms with E-state index in [1.807, 2.05) is 0 Å². The molecule has 1 aromatic carbocycles. The summed E-state index contributed by atoms with van der Waals surface area (Å²) in [6.07, 6.45) is 4.91. The highest BCUT2D eigenvalue weighted by atomic mass is 16.5. The van der Waals surface area contributed by atoms with Crippen LogP contribution >= 0.6 is 0 Å². The number of nitrogens with zero attached hydrogens (tertiary/aromatic N) is 2. The van der Waals surface area contributed by atoms with Gasteiger partial charge in [0.2, 0.25) is 0 Å². The fraction of sp³-hybridized carbons (Fsp3) is 0.684. The first-order valence-corrected chi connectivity index (χ1v) is 9.11. The van der Waals surface area contributed by atoms with Gasteiger partial charge in [0.1, 0.15) is 12.4 Å². The Hall–Kier alpha value is -1.10. The maximum Gasteiger partial charge on any atom is 0.119 e. The van der Waals surface area contributed by atoms with Crippen LogP contribution in [0.25, 0.3) is 0 Å². The van der Waals surface area contributed by atoms with Crippen molar-refractivity contribution in [3.8, 4) is 5.75 Å². The van der Waals surface area contributed by atoms with E-state index in [4.69, 9.17) is 4.74 Å². The SMILES string of the molecule is OCC1CCN(Cc2ccc(OCCN3CCCC3)cc2)CC1. The van der Waals surface area contributed by atoms with Gasteiger partial charge in [0, 0.05) is 19.7 Å². The minimum Gasteiger partial charge on any atom is -0.492 e. The van der Waals surface area contributed by atoms with Crippen LogP contribution in [-0.2, 0) is 6.54 Å². The van der Waals surface area contributed by atoms with Crippen LogP contribution < -0.4 is 4.74 Å². The first-order chi connectivity index (χ1) is 11.3. The molecule has 2 saturated heterocycles. The molecule has 0 bridgehead atoms. The molecule has 0 saturated carbocycles. The fourth-order valence-corrected chi connectivity index (χ4v) is 3.58. The zero-order valence-corrected chi connectivity index (χ0v) is 14.1. The van der Waals surface area contributed by atoms with Gasteiger partial charge in [-0.3, -0.25) is 9.80 Å². The molecule has 4 heteroatoms. The predicted molar refractivity (Wildman–Crippen MR) is 92.7 cm³/mol. The summed E-state index contributed by atoms with van der Waals surface area (Å²) in [5, 5.41) is 9.20. The van der Waals surface area contributed by atoms with Gasteiger partial charge < -0.3 is 9.84 Å². The Morgan fingerprint density at radius 2 is 1.65 bits per heavy atom. The molecule has 0 aliphatic carbocycles. The molecule has 2 fully saturated rings. The minimum atomic E-state index is 0.345. The van der Waals surface area contributed by atoms with Gasteiger partial charge >= 0.3 is 0 Å². The summed E-state index contributed by atoms with van der Waals surface area (Å²) >= 11 is 0. The number of hydrogen-bond donors (Lipinski definition) is 1. The lowest BCUT2D eigenvalue weighted by Crippen LogP contribution is -2.34. The van der Waals surface area contributed by atoms with E-state index in [0.29, 0.717) is 12.5 Å². The number of ether oxygens (including phenoxy) is 1. The van der Waals surface area contributed by atoms with Crippen molar-refractivity contribution in [2.75, 3.05) is 45.9 Å². The van der Waals surface area contributed by atoms with Crippen molar-refractivity contribution in [1.29, 1.82) is 0 Å². The first-order valence-electron chi connectivity index (χ1n) is 9.11. The van der Waals surface area contributed by atoms with Crippen molar-refractivity contribution in [3.63, 3.8) is 0 Å². The Morgan fingerprint density at radius 3 is 2.30 bits per heavy atom. The lowest BCUT2D eigenvalue weighted by molar-refractivity contribution is 0.127. The maximum absolute atomic E-state index is 9.20. The number of aliphatic hydroxyl groups excluding tert-OH is 1. The monoisotopic (exact) mass is 318 g/mol. The van der Waals surface area contributed by atoms with E-state index in [0.717, 1.165) is 51.4 Å². The van der Waals surface area contributed by atoms with E-state index in [1.165, 1.54) is 31.5 Å². The highest BCUT2D eigenvalue weighted by Gasteiger charge is 2.18. The summed E-state index contributed by atoms with van der Waals surface area (Å²) in [5.74, 6) is 1.49. The van der Waals surface area contributed by atoms with Crippen molar-refractivity contribution < 1.29 is 9.84 Å². The minimum absolute atomic E-state index is 0.345. The number of benzene rings is 1. The van der Waals surface area contributed by atoms with E-state index >= 15 is 0 Å². The van der Waals surface area contributed by atoms with Crippen molar-refractivity contribution >= 4 is 0 Å². The van der Waals surface area contributed by atoms with E-state index in [1.54, 1.807) is 0 Å². The van der Waals surface area contributed by atoms with E-state index in [9.17, 15) is 5.11 Å². The van der Waals surface area contributed by atoms with Gasteiger partial charge in [0.25, 0.3) is 0 Å². The summed E-state index contributed by atoms with van der Waals surface area (Å²) in [5.41, 5.74) is 1.35. The molecule has 4 nitrogen and oxygen atoms in total. The molecule has 2 heterocycles. The predicted octanol–water partition coefficient (Wildman–Crippen LogP) is 2.37. The second kappa shape index (κ2) is 8.67. The van der Waals surface area contributed by atoms with Gasteiger partial charge in [-0.15, -0.1) is 0 Å². The molecule has 2 aliphatic heterocycles. The summed E-state index contributed by atoms with van der Waals surface area (Å²) in [7, 11) is 0. The number of rotatable bonds is 7. The second-order valence-electron chi connectivity index (χ2n) is 6.94. The molecule has 128 valence electrons. The quantitative estimate of drug-likeness (QED) is 0.837. The van der Waals surface area contributed by atoms with Crippen molar-refractivity contribution in [1.82, 2.24) is 9.80 Å². The van der Waals surface area contributed by atoms with Crippen LogP contribution in [0.5, 0.6) is 5.75 Å². The molecule has 0 atom stereocenters. The Kier molecular flexibility index (Phi) is 6.31. The lowest BCUT2D eigenvalue weighted by atomic mass is 9.97. The van der Waals surface area contributed by atoms with Crippen molar-refractivity contribution in [3.05, 3.63) is 29.8 Å². The molecule has 3 rings (SSSR count). The molecular weight excluding hydrogens is 288 g/mol. The van der Waals surface area contributed by atoms with E-state index < -0.39 is 0 Å². The summed E-state index contributed by atoms with van der Waals surface area (Å²) in [4.78, 5) is 4.96. The molecular formula is C19H30N2O2. The second-order valence-corrected chi connectivity index (χ2v) is 6.94. The molecule has 0 spiro atoms.